The first-order valence-electron chi connectivity index (χ1n) is 5.80. The Morgan fingerprint density at radius 3 is 2.42 bits per heavy atom. The molecule has 0 aliphatic heterocycles. The SMILES string of the molecule is COc1cc(C(O)c2cc(C)cc(Cl)c2)ccc1Cl. The van der Waals surface area contributed by atoms with Crippen molar-refractivity contribution in [1.82, 2.24) is 0 Å². The lowest BCUT2D eigenvalue weighted by Gasteiger charge is -2.14. The quantitative estimate of drug-likeness (QED) is 0.910. The average Bonchev–Trinajstić information content (AvgIpc) is 2.37. The summed E-state index contributed by atoms with van der Waals surface area (Å²) in [4.78, 5) is 0. The predicted octanol–water partition coefficient (Wildman–Crippen LogP) is 4.39. The number of methoxy groups -OCH3 is 1. The van der Waals surface area contributed by atoms with E-state index in [2.05, 4.69) is 0 Å². The largest absolute Gasteiger partial charge is 0.495 e. The second-order valence-electron chi connectivity index (χ2n) is 4.36. The molecule has 0 amide bonds. The predicted molar refractivity (Wildman–Crippen MR) is 78.3 cm³/mol. The Kier molecular flexibility index (Phi) is 4.35. The van der Waals surface area contributed by atoms with Crippen molar-refractivity contribution in [3.05, 3.63) is 63.1 Å². The number of ether oxygens (including phenoxy) is 1. The highest BCUT2D eigenvalue weighted by Gasteiger charge is 2.13. The smallest absolute Gasteiger partial charge is 0.137 e. The van der Waals surface area contributed by atoms with Gasteiger partial charge in [-0.05, 0) is 47.9 Å². The summed E-state index contributed by atoms with van der Waals surface area (Å²) < 4.78 is 5.15. The molecular formula is C15H14Cl2O2. The topological polar surface area (TPSA) is 29.5 Å². The fourth-order valence-electron chi connectivity index (χ4n) is 1.96. The zero-order valence-electron chi connectivity index (χ0n) is 10.7. The minimum atomic E-state index is -0.761. The molecule has 0 aliphatic carbocycles. The first-order valence-corrected chi connectivity index (χ1v) is 6.55. The lowest BCUT2D eigenvalue weighted by molar-refractivity contribution is 0.219. The van der Waals surface area contributed by atoms with Gasteiger partial charge in [-0.3, -0.25) is 0 Å². The van der Waals surface area contributed by atoms with Gasteiger partial charge in [-0.2, -0.15) is 0 Å². The van der Waals surface area contributed by atoms with E-state index in [1.165, 1.54) is 0 Å². The van der Waals surface area contributed by atoms with Gasteiger partial charge in [0.1, 0.15) is 11.9 Å². The second-order valence-corrected chi connectivity index (χ2v) is 5.20. The van der Waals surface area contributed by atoms with E-state index in [1.807, 2.05) is 19.1 Å². The summed E-state index contributed by atoms with van der Waals surface area (Å²) in [5.41, 5.74) is 2.46. The molecule has 2 nitrogen and oxygen atoms in total. The molecule has 0 saturated carbocycles. The molecule has 0 heterocycles. The zero-order chi connectivity index (χ0) is 14.0. The molecule has 1 N–H and O–H groups in total. The fourth-order valence-corrected chi connectivity index (χ4v) is 2.45. The molecule has 2 aromatic rings. The second kappa shape index (κ2) is 5.83. The Morgan fingerprint density at radius 1 is 1.05 bits per heavy atom. The summed E-state index contributed by atoms with van der Waals surface area (Å²) in [6.07, 6.45) is -0.761. The van der Waals surface area contributed by atoms with E-state index >= 15 is 0 Å². The number of benzene rings is 2. The Balaban J connectivity index is 2.40. The summed E-state index contributed by atoms with van der Waals surface area (Å²) >= 11 is 12.0. The van der Waals surface area contributed by atoms with E-state index in [0.29, 0.717) is 21.4 Å². The van der Waals surface area contributed by atoms with E-state index in [9.17, 15) is 5.11 Å². The van der Waals surface area contributed by atoms with Crippen LogP contribution >= 0.6 is 23.2 Å². The molecule has 0 saturated heterocycles. The number of halogens is 2. The molecule has 0 fully saturated rings. The van der Waals surface area contributed by atoms with Crippen LogP contribution in [0.15, 0.2) is 36.4 Å². The van der Waals surface area contributed by atoms with Crippen molar-refractivity contribution in [2.24, 2.45) is 0 Å². The van der Waals surface area contributed by atoms with Gasteiger partial charge < -0.3 is 9.84 Å². The Labute approximate surface area is 122 Å². The molecule has 1 atom stereocenters. The van der Waals surface area contributed by atoms with E-state index in [4.69, 9.17) is 27.9 Å². The monoisotopic (exact) mass is 296 g/mol. The van der Waals surface area contributed by atoms with Crippen LogP contribution in [0.3, 0.4) is 0 Å². The first kappa shape index (κ1) is 14.2. The third-order valence-corrected chi connectivity index (χ3v) is 3.40. The van der Waals surface area contributed by atoms with Gasteiger partial charge >= 0.3 is 0 Å². The number of aliphatic hydroxyl groups is 1. The molecule has 0 radical (unpaired) electrons. The van der Waals surface area contributed by atoms with Crippen LogP contribution in [-0.2, 0) is 0 Å². The maximum Gasteiger partial charge on any atom is 0.137 e. The van der Waals surface area contributed by atoms with Gasteiger partial charge in [0, 0.05) is 5.02 Å². The van der Waals surface area contributed by atoms with Gasteiger partial charge in [0.05, 0.1) is 12.1 Å². The van der Waals surface area contributed by atoms with E-state index < -0.39 is 6.10 Å². The third-order valence-electron chi connectivity index (χ3n) is 2.87. The van der Waals surface area contributed by atoms with Gasteiger partial charge in [0.25, 0.3) is 0 Å². The highest BCUT2D eigenvalue weighted by molar-refractivity contribution is 6.32. The van der Waals surface area contributed by atoms with Gasteiger partial charge in [0.15, 0.2) is 0 Å². The Bertz CT molecular complexity index is 576. The molecule has 0 bridgehead atoms. The lowest BCUT2D eigenvalue weighted by Crippen LogP contribution is -2.01. The minimum absolute atomic E-state index is 0.515. The molecule has 0 aliphatic rings. The molecular weight excluding hydrogens is 283 g/mol. The molecule has 0 aromatic heterocycles. The van der Waals surface area contributed by atoms with Crippen LogP contribution in [0.5, 0.6) is 5.75 Å². The molecule has 1 unspecified atom stereocenters. The van der Waals surface area contributed by atoms with Crippen LogP contribution in [-0.4, -0.2) is 12.2 Å². The zero-order valence-corrected chi connectivity index (χ0v) is 12.2. The van der Waals surface area contributed by atoms with Crippen molar-refractivity contribution < 1.29 is 9.84 Å². The van der Waals surface area contributed by atoms with Gasteiger partial charge in [-0.15, -0.1) is 0 Å². The van der Waals surface area contributed by atoms with Crippen LogP contribution in [0.25, 0.3) is 0 Å². The Morgan fingerprint density at radius 2 is 1.79 bits per heavy atom. The summed E-state index contributed by atoms with van der Waals surface area (Å²) in [5, 5.41) is 11.5. The van der Waals surface area contributed by atoms with Gasteiger partial charge in [-0.1, -0.05) is 35.3 Å². The summed E-state index contributed by atoms with van der Waals surface area (Å²) in [5.74, 6) is 0.539. The average molecular weight is 297 g/mol. The molecule has 4 heteroatoms. The van der Waals surface area contributed by atoms with Crippen LogP contribution in [0, 0.1) is 6.92 Å². The first-order chi connectivity index (χ1) is 9.01. The van der Waals surface area contributed by atoms with E-state index in [0.717, 1.165) is 11.1 Å². The normalized spacial score (nSPS) is 12.3. The van der Waals surface area contributed by atoms with E-state index in [-0.39, 0.29) is 0 Å². The number of aryl methyl sites for hydroxylation is 1. The number of rotatable bonds is 3. The molecule has 2 rings (SSSR count). The van der Waals surface area contributed by atoms with Crippen molar-refractivity contribution >= 4 is 23.2 Å². The third kappa shape index (κ3) is 3.21. The summed E-state index contributed by atoms with van der Waals surface area (Å²) in [6.45, 7) is 1.94. The van der Waals surface area contributed by atoms with Crippen LogP contribution in [0.1, 0.15) is 22.8 Å². The van der Waals surface area contributed by atoms with Crippen molar-refractivity contribution in [3.8, 4) is 5.75 Å². The standard InChI is InChI=1S/C15H14Cl2O2/c1-9-5-11(7-12(16)6-9)15(18)10-3-4-13(17)14(8-10)19-2/h3-8,15,18H,1-2H3. The lowest BCUT2D eigenvalue weighted by atomic mass is 10.00. The minimum Gasteiger partial charge on any atom is -0.495 e. The van der Waals surface area contributed by atoms with Crippen molar-refractivity contribution in [2.75, 3.05) is 7.11 Å². The molecule has 19 heavy (non-hydrogen) atoms. The fraction of sp³-hybridized carbons (Fsp3) is 0.200. The Hall–Kier alpha value is -1.22. The van der Waals surface area contributed by atoms with Crippen molar-refractivity contribution in [2.45, 2.75) is 13.0 Å². The van der Waals surface area contributed by atoms with Crippen molar-refractivity contribution in [3.63, 3.8) is 0 Å². The molecule has 2 aromatic carbocycles. The highest BCUT2D eigenvalue weighted by atomic mass is 35.5. The van der Waals surface area contributed by atoms with Gasteiger partial charge in [-0.25, -0.2) is 0 Å². The number of hydrogen-bond donors (Lipinski definition) is 1. The highest BCUT2D eigenvalue weighted by Crippen LogP contribution is 2.31. The van der Waals surface area contributed by atoms with Crippen LogP contribution in [0.4, 0.5) is 0 Å². The molecule has 0 spiro atoms. The maximum atomic E-state index is 10.4. The summed E-state index contributed by atoms with van der Waals surface area (Å²) in [7, 11) is 1.54. The van der Waals surface area contributed by atoms with E-state index in [1.54, 1.807) is 31.4 Å². The maximum absolute atomic E-state index is 10.4. The number of aliphatic hydroxyl groups excluding tert-OH is 1. The number of hydrogen-bond acceptors (Lipinski definition) is 2. The van der Waals surface area contributed by atoms with Crippen LogP contribution in [0.2, 0.25) is 10.0 Å². The van der Waals surface area contributed by atoms with Crippen LogP contribution < -0.4 is 4.74 Å². The van der Waals surface area contributed by atoms with Crippen molar-refractivity contribution in [1.29, 1.82) is 0 Å². The summed E-state index contributed by atoms with van der Waals surface area (Å²) in [6, 6.07) is 10.7. The molecule has 100 valence electrons. The van der Waals surface area contributed by atoms with Gasteiger partial charge in [0.2, 0.25) is 0 Å².